The van der Waals surface area contributed by atoms with Crippen molar-refractivity contribution >= 4 is 17.7 Å². The molecule has 0 radical (unpaired) electrons. The predicted octanol–water partition coefficient (Wildman–Crippen LogP) is 2.13. The summed E-state index contributed by atoms with van der Waals surface area (Å²) in [5.41, 5.74) is 1.07. The molecule has 3 nitrogen and oxygen atoms in total. The third kappa shape index (κ3) is 2.45. The highest BCUT2D eigenvalue weighted by Crippen LogP contribution is 2.35. The van der Waals surface area contributed by atoms with E-state index in [1.807, 2.05) is 6.07 Å². The molecule has 15 heavy (non-hydrogen) atoms. The van der Waals surface area contributed by atoms with Crippen LogP contribution in [0, 0.1) is 5.92 Å². The molecular weight excluding hydrogens is 212 g/mol. The lowest BCUT2D eigenvalue weighted by atomic mass is 9.97. The van der Waals surface area contributed by atoms with E-state index < -0.39 is 5.97 Å². The quantitative estimate of drug-likeness (QED) is 0.808. The second-order valence-electron chi connectivity index (χ2n) is 3.77. The van der Waals surface area contributed by atoms with Gasteiger partial charge in [0, 0.05) is 17.1 Å². The third-order valence-electron chi connectivity index (χ3n) is 2.49. The number of fused-ring (bicyclic) bond motifs is 1. The molecule has 0 spiro atoms. The maximum Gasteiger partial charge on any atom is 0.303 e. The van der Waals surface area contributed by atoms with E-state index in [4.69, 9.17) is 5.11 Å². The fourth-order valence-corrected chi connectivity index (χ4v) is 2.96. The Labute approximate surface area is 92.1 Å². The van der Waals surface area contributed by atoms with Crippen LogP contribution in [0.2, 0.25) is 0 Å². The standard InChI is InChI=1S/C11H12O3S/c12-9-1-2-10-8(5-9)3-7(6-15-10)4-11(13)14/h1-2,5,7,12H,3-4,6H2,(H,13,14). The Morgan fingerprint density at radius 2 is 2.33 bits per heavy atom. The lowest BCUT2D eigenvalue weighted by molar-refractivity contribution is -0.137. The zero-order chi connectivity index (χ0) is 10.8. The second-order valence-corrected chi connectivity index (χ2v) is 4.83. The van der Waals surface area contributed by atoms with Crippen molar-refractivity contribution in [3.05, 3.63) is 23.8 Å². The van der Waals surface area contributed by atoms with E-state index in [2.05, 4.69) is 0 Å². The number of phenolic OH excluding ortho intramolecular Hbond substituents is 1. The summed E-state index contributed by atoms with van der Waals surface area (Å²) in [6.07, 6.45) is 0.963. The number of aromatic hydroxyl groups is 1. The van der Waals surface area contributed by atoms with Crippen LogP contribution < -0.4 is 0 Å². The topological polar surface area (TPSA) is 57.5 Å². The van der Waals surface area contributed by atoms with Crippen molar-refractivity contribution in [1.82, 2.24) is 0 Å². The molecule has 4 heteroatoms. The molecule has 1 heterocycles. The van der Waals surface area contributed by atoms with Crippen LogP contribution in [0.5, 0.6) is 5.75 Å². The zero-order valence-corrected chi connectivity index (χ0v) is 8.96. The molecule has 1 aromatic carbocycles. The van der Waals surface area contributed by atoms with Gasteiger partial charge in [-0.15, -0.1) is 11.8 Å². The van der Waals surface area contributed by atoms with E-state index in [1.165, 1.54) is 0 Å². The van der Waals surface area contributed by atoms with Gasteiger partial charge >= 0.3 is 5.97 Å². The van der Waals surface area contributed by atoms with E-state index in [-0.39, 0.29) is 18.1 Å². The maximum atomic E-state index is 10.6. The predicted molar refractivity (Wildman–Crippen MR) is 58.3 cm³/mol. The minimum Gasteiger partial charge on any atom is -0.508 e. The molecule has 1 atom stereocenters. The molecule has 1 aliphatic heterocycles. The number of phenols is 1. The summed E-state index contributed by atoms with van der Waals surface area (Å²) in [5.74, 6) is 0.542. The minimum atomic E-state index is -0.746. The van der Waals surface area contributed by atoms with Gasteiger partial charge in [-0.25, -0.2) is 0 Å². The fourth-order valence-electron chi connectivity index (χ4n) is 1.82. The summed E-state index contributed by atoms with van der Waals surface area (Å²) in [4.78, 5) is 11.7. The molecule has 80 valence electrons. The Bertz CT molecular complexity index is 389. The molecule has 0 saturated heterocycles. The molecule has 0 fully saturated rings. The lowest BCUT2D eigenvalue weighted by Gasteiger charge is -2.22. The van der Waals surface area contributed by atoms with E-state index in [1.54, 1.807) is 23.9 Å². The van der Waals surface area contributed by atoms with Crippen molar-refractivity contribution < 1.29 is 15.0 Å². The number of carbonyl (C=O) groups is 1. The minimum absolute atomic E-state index is 0.182. The summed E-state index contributed by atoms with van der Waals surface area (Å²) in [5, 5.41) is 18.0. The third-order valence-corrected chi connectivity index (χ3v) is 3.84. The first-order valence-corrected chi connectivity index (χ1v) is 5.80. The Kier molecular flexibility index (Phi) is 2.86. The van der Waals surface area contributed by atoms with Crippen molar-refractivity contribution in [3.8, 4) is 5.75 Å². The summed E-state index contributed by atoms with van der Waals surface area (Å²) in [7, 11) is 0. The fraction of sp³-hybridized carbons (Fsp3) is 0.364. The van der Waals surface area contributed by atoms with E-state index >= 15 is 0 Å². The molecular formula is C11H12O3S. The van der Waals surface area contributed by atoms with Crippen molar-refractivity contribution in [2.45, 2.75) is 17.7 Å². The van der Waals surface area contributed by atoms with Crippen LogP contribution in [-0.2, 0) is 11.2 Å². The number of rotatable bonds is 2. The van der Waals surface area contributed by atoms with Gasteiger partial charge in [-0.1, -0.05) is 0 Å². The summed E-state index contributed by atoms with van der Waals surface area (Å²) in [6.45, 7) is 0. The molecule has 1 aromatic rings. The molecule has 0 amide bonds. The van der Waals surface area contributed by atoms with Gasteiger partial charge in [0.1, 0.15) is 5.75 Å². The largest absolute Gasteiger partial charge is 0.508 e. The smallest absolute Gasteiger partial charge is 0.303 e. The molecule has 0 aromatic heterocycles. The lowest BCUT2D eigenvalue weighted by Crippen LogP contribution is -2.17. The number of aliphatic carboxylic acids is 1. The number of hydrogen-bond acceptors (Lipinski definition) is 3. The summed E-state index contributed by atoms with van der Waals surface area (Å²) >= 11 is 1.67. The molecule has 0 aliphatic carbocycles. The molecule has 2 N–H and O–H groups in total. The first-order valence-electron chi connectivity index (χ1n) is 4.81. The van der Waals surface area contributed by atoms with Crippen LogP contribution >= 0.6 is 11.8 Å². The first kappa shape index (κ1) is 10.4. The Morgan fingerprint density at radius 1 is 1.53 bits per heavy atom. The van der Waals surface area contributed by atoms with E-state index in [0.29, 0.717) is 0 Å². The number of carboxylic acids is 1. The molecule has 0 saturated carbocycles. The monoisotopic (exact) mass is 224 g/mol. The molecule has 1 aliphatic rings. The zero-order valence-electron chi connectivity index (χ0n) is 8.14. The van der Waals surface area contributed by atoms with Crippen molar-refractivity contribution in [2.24, 2.45) is 5.92 Å². The van der Waals surface area contributed by atoms with Crippen LogP contribution in [-0.4, -0.2) is 21.9 Å². The van der Waals surface area contributed by atoms with Crippen LogP contribution in [0.4, 0.5) is 0 Å². The van der Waals surface area contributed by atoms with Crippen molar-refractivity contribution in [1.29, 1.82) is 0 Å². The average molecular weight is 224 g/mol. The normalized spacial score (nSPS) is 19.6. The van der Waals surface area contributed by atoms with Gasteiger partial charge in [0.15, 0.2) is 0 Å². The van der Waals surface area contributed by atoms with Gasteiger partial charge in [0.05, 0.1) is 0 Å². The SMILES string of the molecule is O=C(O)CC1CSc2ccc(O)cc2C1. The highest BCUT2D eigenvalue weighted by molar-refractivity contribution is 7.99. The Balaban J connectivity index is 2.14. The highest BCUT2D eigenvalue weighted by Gasteiger charge is 2.21. The van der Waals surface area contributed by atoms with Crippen LogP contribution in [0.25, 0.3) is 0 Å². The molecule has 0 bridgehead atoms. The van der Waals surface area contributed by atoms with E-state index in [9.17, 15) is 9.90 Å². The van der Waals surface area contributed by atoms with Gasteiger partial charge < -0.3 is 10.2 Å². The van der Waals surface area contributed by atoms with Crippen molar-refractivity contribution in [3.63, 3.8) is 0 Å². The Morgan fingerprint density at radius 3 is 3.07 bits per heavy atom. The van der Waals surface area contributed by atoms with Crippen molar-refractivity contribution in [2.75, 3.05) is 5.75 Å². The van der Waals surface area contributed by atoms with Gasteiger partial charge in [-0.3, -0.25) is 4.79 Å². The molecule has 1 unspecified atom stereocenters. The highest BCUT2D eigenvalue weighted by atomic mass is 32.2. The summed E-state index contributed by atoms with van der Waals surface area (Å²) < 4.78 is 0. The van der Waals surface area contributed by atoms with Crippen LogP contribution in [0.1, 0.15) is 12.0 Å². The number of benzene rings is 1. The average Bonchev–Trinajstić information content (AvgIpc) is 2.16. The van der Waals surface area contributed by atoms with E-state index in [0.717, 1.165) is 22.6 Å². The number of thioether (sulfide) groups is 1. The number of hydrogen-bond donors (Lipinski definition) is 2. The van der Waals surface area contributed by atoms with Gasteiger partial charge in [0.2, 0.25) is 0 Å². The molecule has 2 rings (SSSR count). The second kappa shape index (κ2) is 4.14. The summed E-state index contributed by atoms with van der Waals surface area (Å²) in [6, 6.07) is 5.30. The Hall–Kier alpha value is -1.16. The van der Waals surface area contributed by atoms with Crippen LogP contribution in [0.3, 0.4) is 0 Å². The van der Waals surface area contributed by atoms with Gasteiger partial charge in [0.25, 0.3) is 0 Å². The van der Waals surface area contributed by atoms with Crippen LogP contribution in [0.15, 0.2) is 23.1 Å². The first-order chi connectivity index (χ1) is 7.15. The number of carboxylic acid groups (broad SMARTS) is 1. The maximum absolute atomic E-state index is 10.6. The van der Waals surface area contributed by atoms with Gasteiger partial charge in [-0.05, 0) is 36.1 Å². The van der Waals surface area contributed by atoms with Gasteiger partial charge in [-0.2, -0.15) is 0 Å².